The summed E-state index contributed by atoms with van der Waals surface area (Å²) in [6.07, 6.45) is 3.14. The molecule has 1 amide bonds. The third-order valence-electron chi connectivity index (χ3n) is 2.80. The van der Waals surface area contributed by atoms with Crippen LogP contribution in [-0.2, 0) is 0 Å². The minimum atomic E-state index is -0.581. The largest absolute Gasteiger partial charge is 0.397 e. The van der Waals surface area contributed by atoms with Crippen LogP contribution in [0.5, 0.6) is 0 Å². The van der Waals surface area contributed by atoms with Gasteiger partial charge in [0.25, 0.3) is 5.91 Å². The Kier molecular flexibility index (Phi) is 3.33. The number of anilines is 3. The molecule has 6 heteroatoms. The summed E-state index contributed by atoms with van der Waals surface area (Å²) in [5.74, 6) is -0.0789. The number of rotatable bonds is 3. The third-order valence-corrected chi connectivity index (χ3v) is 2.80. The second-order valence-corrected chi connectivity index (χ2v) is 4.23. The standard InChI is InChI=1S/C13H15N5O/c1-7-3-4-16-8(2)12(7)18-11-5-9(13(15)19)10(14)6-17-11/h3-6H,14H2,1-2H3,(H2,15,19)(H,17,18). The molecule has 0 spiro atoms. The number of nitrogens with two attached hydrogens (primary N) is 2. The number of pyridine rings is 2. The Balaban J connectivity index is 2.39. The van der Waals surface area contributed by atoms with Crippen molar-refractivity contribution in [3.8, 4) is 0 Å². The molecular formula is C13H15N5O. The fraction of sp³-hybridized carbons (Fsp3) is 0.154. The van der Waals surface area contributed by atoms with Gasteiger partial charge in [0.1, 0.15) is 5.82 Å². The molecule has 0 aliphatic carbocycles. The molecule has 0 saturated carbocycles. The lowest BCUT2D eigenvalue weighted by Gasteiger charge is -2.12. The summed E-state index contributed by atoms with van der Waals surface area (Å²) in [7, 11) is 0. The normalized spacial score (nSPS) is 10.2. The van der Waals surface area contributed by atoms with Crippen molar-refractivity contribution >= 4 is 23.1 Å². The fourth-order valence-electron chi connectivity index (χ4n) is 1.76. The fourth-order valence-corrected chi connectivity index (χ4v) is 1.76. The smallest absolute Gasteiger partial charge is 0.250 e. The Morgan fingerprint density at radius 2 is 2.05 bits per heavy atom. The highest BCUT2D eigenvalue weighted by molar-refractivity contribution is 5.98. The highest BCUT2D eigenvalue weighted by atomic mass is 16.1. The van der Waals surface area contributed by atoms with Crippen LogP contribution >= 0.6 is 0 Å². The highest BCUT2D eigenvalue weighted by Crippen LogP contribution is 2.23. The first-order valence-electron chi connectivity index (χ1n) is 5.73. The second-order valence-electron chi connectivity index (χ2n) is 4.23. The zero-order valence-electron chi connectivity index (χ0n) is 10.8. The zero-order chi connectivity index (χ0) is 14.0. The van der Waals surface area contributed by atoms with Crippen molar-refractivity contribution in [1.82, 2.24) is 9.97 Å². The first-order valence-corrected chi connectivity index (χ1v) is 5.73. The number of hydrogen-bond acceptors (Lipinski definition) is 5. The molecule has 0 aliphatic rings. The van der Waals surface area contributed by atoms with E-state index in [0.29, 0.717) is 5.82 Å². The average Bonchev–Trinajstić information content (AvgIpc) is 2.35. The van der Waals surface area contributed by atoms with Crippen molar-refractivity contribution in [3.63, 3.8) is 0 Å². The molecule has 0 radical (unpaired) electrons. The Hall–Kier alpha value is -2.63. The minimum Gasteiger partial charge on any atom is -0.397 e. The van der Waals surface area contributed by atoms with Crippen molar-refractivity contribution in [2.45, 2.75) is 13.8 Å². The van der Waals surface area contributed by atoms with Gasteiger partial charge in [-0.3, -0.25) is 9.78 Å². The summed E-state index contributed by atoms with van der Waals surface area (Å²) >= 11 is 0. The molecule has 0 saturated heterocycles. The number of aromatic nitrogens is 2. The molecule has 0 aliphatic heterocycles. The van der Waals surface area contributed by atoms with E-state index in [9.17, 15) is 4.79 Å². The Bertz CT molecular complexity index is 619. The number of carbonyl (C=O) groups is 1. The molecule has 19 heavy (non-hydrogen) atoms. The molecule has 0 unspecified atom stereocenters. The maximum atomic E-state index is 11.2. The number of hydrogen-bond donors (Lipinski definition) is 3. The maximum absolute atomic E-state index is 11.2. The molecule has 5 N–H and O–H groups in total. The molecule has 0 fully saturated rings. The Morgan fingerprint density at radius 3 is 2.68 bits per heavy atom. The zero-order valence-corrected chi connectivity index (χ0v) is 10.8. The van der Waals surface area contributed by atoms with Crippen LogP contribution in [0, 0.1) is 13.8 Å². The Morgan fingerprint density at radius 1 is 1.32 bits per heavy atom. The second kappa shape index (κ2) is 4.93. The summed E-state index contributed by atoms with van der Waals surface area (Å²) in [4.78, 5) is 19.6. The van der Waals surface area contributed by atoms with E-state index in [1.54, 1.807) is 6.20 Å². The molecule has 0 bridgehead atoms. The van der Waals surface area contributed by atoms with Crippen molar-refractivity contribution in [2.24, 2.45) is 5.73 Å². The predicted octanol–water partition coefficient (Wildman–Crippen LogP) is 1.52. The van der Waals surface area contributed by atoms with Crippen molar-refractivity contribution in [3.05, 3.63) is 41.3 Å². The lowest BCUT2D eigenvalue weighted by Crippen LogP contribution is -2.14. The van der Waals surface area contributed by atoms with Gasteiger partial charge in [0, 0.05) is 6.20 Å². The van der Waals surface area contributed by atoms with Crippen molar-refractivity contribution in [1.29, 1.82) is 0 Å². The topological polar surface area (TPSA) is 107 Å². The van der Waals surface area contributed by atoms with Gasteiger partial charge in [-0.05, 0) is 31.5 Å². The van der Waals surface area contributed by atoms with E-state index in [1.165, 1.54) is 12.3 Å². The monoisotopic (exact) mass is 257 g/mol. The summed E-state index contributed by atoms with van der Waals surface area (Å²) in [6.45, 7) is 3.85. The van der Waals surface area contributed by atoms with Crippen LogP contribution in [0.15, 0.2) is 24.5 Å². The SMILES string of the molecule is Cc1ccnc(C)c1Nc1cc(C(N)=O)c(N)cn1. The lowest BCUT2D eigenvalue weighted by atomic mass is 10.2. The van der Waals surface area contributed by atoms with Crippen molar-refractivity contribution < 1.29 is 4.79 Å². The molecule has 2 rings (SSSR count). The predicted molar refractivity (Wildman–Crippen MR) is 74.2 cm³/mol. The van der Waals surface area contributed by atoms with Gasteiger partial charge in [0.15, 0.2) is 0 Å². The van der Waals surface area contributed by atoms with E-state index < -0.39 is 5.91 Å². The molecule has 2 aromatic rings. The maximum Gasteiger partial charge on any atom is 0.250 e. The van der Waals surface area contributed by atoms with Gasteiger partial charge in [0.05, 0.1) is 28.8 Å². The van der Waals surface area contributed by atoms with E-state index in [1.807, 2.05) is 19.9 Å². The number of carbonyl (C=O) groups excluding carboxylic acids is 1. The van der Waals surface area contributed by atoms with Gasteiger partial charge in [-0.1, -0.05) is 0 Å². The highest BCUT2D eigenvalue weighted by Gasteiger charge is 2.10. The van der Waals surface area contributed by atoms with Gasteiger partial charge in [-0.25, -0.2) is 4.98 Å². The van der Waals surface area contributed by atoms with Crippen LogP contribution in [-0.4, -0.2) is 15.9 Å². The molecule has 0 aromatic carbocycles. The first-order chi connectivity index (χ1) is 8.99. The van der Waals surface area contributed by atoms with Gasteiger partial charge >= 0.3 is 0 Å². The third kappa shape index (κ3) is 2.62. The minimum absolute atomic E-state index is 0.247. The number of aryl methyl sites for hydroxylation is 2. The number of nitrogens with zero attached hydrogens (tertiary/aromatic N) is 2. The number of nitrogen functional groups attached to an aromatic ring is 1. The number of nitrogens with one attached hydrogen (secondary N) is 1. The van der Waals surface area contributed by atoms with Crippen LogP contribution < -0.4 is 16.8 Å². The first kappa shape index (κ1) is 12.8. The molecule has 2 heterocycles. The molecule has 6 nitrogen and oxygen atoms in total. The van der Waals surface area contributed by atoms with E-state index in [0.717, 1.165) is 16.9 Å². The molecule has 2 aromatic heterocycles. The Labute approximate surface area is 110 Å². The van der Waals surface area contributed by atoms with E-state index in [4.69, 9.17) is 11.5 Å². The van der Waals surface area contributed by atoms with Gasteiger partial charge < -0.3 is 16.8 Å². The van der Waals surface area contributed by atoms with Crippen LogP contribution in [0.1, 0.15) is 21.6 Å². The van der Waals surface area contributed by atoms with Gasteiger partial charge in [0.2, 0.25) is 0 Å². The summed E-state index contributed by atoms with van der Waals surface area (Å²) < 4.78 is 0. The lowest BCUT2D eigenvalue weighted by molar-refractivity contribution is 0.100. The van der Waals surface area contributed by atoms with Gasteiger partial charge in [-0.15, -0.1) is 0 Å². The van der Waals surface area contributed by atoms with Gasteiger partial charge in [-0.2, -0.15) is 0 Å². The van der Waals surface area contributed by atoms with Crippen molar-refractivity contribution in [2.75, 3.05) is 11.1 Å². The van der Waals surface area contributed by atoms with Crippen LogP contribution in [0.4, 0.5) is 17.2 Å². The summed E-state index contributed by atoms with van der Waals surface area (Å²) in [6, 6.07) is 3.42. The average molecular weight is 257 g/mol. The molecular weight excluding hydrogens is 242 g/mol. The quantitative estimate of drug-likeness (QED) is 0.772. The van der Waals surface area contributed by atoms with Crippen LogP contribution in [0.2, 0.25) is 0 Å². The van der Waals surface area contributed by atoms with Crippen LogP contribution in [0.25, 0.3) is 0 Å². The summed E-state index contributed by atoms with van der Waals surface area (Å²) in [5.41, 5.74) is 14.1. The van der Waals surface area contributed by atoms with E-state index in [2.05, 4.69) is 15.3 Å². The number of amides is 1. The molecule has 0 atom stereocenters. The van der Waals surface area contributed by atoms with E-state index >= 15 is 0 Å². The summed E-state index contributed by atoms with van der Waals surface area (Å²) in [5, 5.41) is 3.13. The molecule has 98 valence electrons. The number of primary amides is 1. The van der Waals surface area contributed by atoms with E-state index in [-0.39, 0.29) is 11.3 Å². The van der Waals surface area contributed by atoms with Crippen LogP contribution in [0.3, 0.4) is 0 Å².